The van der Waals surface area contributed by atoms with Crippen LogP contribution in [0.5, 0.6) is 0 Å². The highest BCUT2D eigenvalue weighted by molar-refractivity contribution is 6.01. The summed E-state index contributed by atoms with van der Waals surface area (Å²) in [6.07, 6.45) is 2.44. The van der Waals surface area contributed by atoms with Crippen molar-refractivity contribution < 1.29 is 23.9 Å². The van der Waals surface area contributed by atoms with Crippen molar-refractivity contribution in [1.82, 2.24) is 15.1 Å². The average Bonchev–Trinajstić information content (AvgIpc) is 2.81. The van der Waals surface area contributed by atoms with E-state index < -0.39 is 12.6 Å². The van der Waals surface area contributed by atoms with Crippen LogP contribution in [0.1, 0.15) is 25.7 Å². The minimum absolute atomic E-state index is 0.209. The third kappa shape index (κ3) is 5.02. The molecule has 3 fully saturated rings. The number of carbonyl (C=O) groups excluding carboxylic acids is 3. The maximum Gasteiger partial charge on any atom is 0.249 e. The monoisotopic (exact) mass is 447 g/mol. The lowest BCUT2D eigenvalue weighted by molar-refractivity contribution is -0.136. The van der Waals surface area contributed by atoms with E-state index in [9.17, 15) is 18.8 Å². The number of imide groups is 1. The number of nitrogens with one attached hydrogen (secondary N) is 2. The number of carbonyl (C=O) groups is 3. The summed E-state index contributed by atoms with van der Waals surface area (Å²) in [7, 11) is 0. The SMILES string of the molecule is O=C1CCC(Nc2ccc(N3CCN(C4CCN(C(=O)CO)CC4)CC3)c(F)c2)C(=O)N1. The van der Waals surface area contributed by atoms with Crippen molar-refractivity contribution in [2.45, 2.75) is 37.8 Å². The molecule has 32 heavy (non-hydrogen) atoms. The molecular weight excluding hydrogens is 417 g/mol. The summed E-state index contributed by atoms with van der Waals surface area (Å²) >= 11 is 0. The number of aliphatic hydroxyl groups excluding tert-OH is 1. The third-order valence-electron chi connectivity index (χ3n) is 6.65. The number of likely N-dealkylation sites (tertiary alicyclic amines) is 1. The van der Waals surface area contributed by atoms with Crippen LogP contribution in [-0.2, 0) is 14.4 Å². The lowest BCUT2D eigenvalue weighted by Gasteiger charge is -2.43. The number of piperidine rings is 2. The molecule has 3 aliphatic heterocycles. The highest BCUT2D eigenvalue weighted by Gasteiger charge is 2.30. The van der Waals surface area contributed by atoms with Crippen molar-refractivity contribution in [3.05, 3.63) is 24.0 Å². The van der Waals surface area contributed by atoms with E-state index in [2.05, 4.69) is 15.5 Å². The second-order valence-electron chi connectivity index (χ2n) is 8.61. The van der Waals surface area contributed by atoms with Gasteiger partial charge >= 0.3 is 0 Å². The number of hydrogen-bond acceptors (Lipinski definition) is 7. The van der Waals surface area contributed by atoms with Gasteiger partial charge in [0.15, 0.2) is 0 Å². The number of nitrogens with zero attached hydrogens (tertiary/aromatic N) is 3. The van der Waals surface area contributed by atoms with Gasteiger partial charge in [-0.3, -0.25) is 24.6 Å². The van der Waals surface area contributed by atoms with E-state index in [0.717, 1.165) is 25.9 Å². The molecule has 3 amide bonds. The Labute approximate surface area is 186 Å². The van der Waals surface area contributed by atoms with Gasteiger partial charge in [0.05, 0.1) is 5.69 Å². The van der Waals surface area contributed by atoms with Crippen LogP contribution in [0.3, 0.4) is 0 Å². The topological polar surface area (TPSA) is 105 Å². The van der Waals surface area contributed by atoms with Gasteiger partial charge in [-0.15, -0.1) is 0 Å². The summed E-state index contributed by atoms with van der Waals surface area (Å²) in [5.74, 6) is -1.21. The highest BCUT2D eigenvalue weighted by atomic mass is 19.1. The summed E-state index contributed by atoms with van der Waals surface area (Å²) < 4.78 is 14.8. The van der Waals surface area contributed by atoms with Crippen molar-refractivity contribution in [3.63, 3.8) is 0 Å². The molecule has 0 spiro atoms. The van der Waals surface area contributed by atoms with E-state index in [1.807, 2.05) is 4.90 Å². The largest absolute Gasteiger partial charge is 0.387 e. The lowest BCUT2D eigenvalue weighted by Crippen LogP contribution is -2.54. The van der Waals surface area contributed by atoms with Gasteiger partial charge in [0.1, 0.15) is 18.5 Å². The van der Waals surface area contributed by atoms with Crippen LogP contribution >= 0.6 is 0 Å². The van der Waals surface area contributed by atoms with Crippen molar-refractivity contribution in [1.29, 1.82) is 0 Å². The van der Waals surface area contributed by atoms with Gasteiger partial charge < -0.3 is 20.2 Å². The molecule has 0 bridgehead atoms. The lowest BCUT2D eigenvalue weighted by atomic mass is 10.0. The Bertz CT molecular complexity index is 866. The van der Waals surface area contributed by atoms with Crippen LogP contribution in [0.25, 0.3) is 0 Å². The summed E-state index contributed by atoms with van der Waals surface area (Å²) in [5, 5.41) is 14.3. The minimum Gasteiger partial charge on any atom is -0.387 e. The second-order valence-corrected chi connectivity index (χ2v) is 8.61. The van der Waals surface area contributed by atoms with E-state index in [4.69, 9.17) is 5.11 Å². The molecule has 3 aliphatic rings. The molecule has 0 aliphatic carbocycles. The Morgan fingerprint density at radius 1 is 1.09 bits per heavy atom. The van der Waals surface area contributed by atoms with Gasteiger partial charge in [0.25, 0.3) is 0 Å². The number of anilines is 2. The van der Waals surface area contributed by atoms with Crippen molar-refractivity contribution in [2.75, 3.05) is 56.1 Å². The van der Waals surface area contributed by atoms with Crippen molar-refractivity contribution in [2.24, 2.45) is 0 Å². The fraction of sp³-hybridized carbons (Fsp3) is 0.591. The van der Waals surface area contributed by atoms with E-state index in [1.165, 1.54) is 6.07 Å². The maximum absolute atomic E-state index is 14.8. The summed E-state index contributed by atoms with van der Waals surface area (Å²) in [4.78, 5) is 41.0. The zero-order chi connectivity index (χ0) is 22.7. The Balaban J connectivity index is 1.29. The van der Waals surface area contributed by atoms with Crippen molar-refractivity contribution in [3.8, 4) is 0 Å². The van der Waals surface area contributed by atoms with E-state index in [1.54, 1.807) is 17.0 Å². The normalized spacial score (nSPS) is 23.2. The zero-order valence-electron chi connectivity index (χ0n) is 18.1. The fourth-order valence-electron chi connectivity index (χ4n) is 4.79. The Kier molecular flexibility index (Phi) is 6.90. The molecule has 3 heterocycles. The van der Waals surface area contributed by atoms with Gasteiger partial charge in [-0.05, 0) is 37.5 Å². The molecule has 1 aromatic carbocycles. The second kappa shape index (κ2) is 9.83. The number of piperazine rings is 1. The first-order valence-electron chi connectivity index (χ1n) is 11.2. The number of benzene rings is 1. The van der Waals surface area contributed by atoms with Gasteiger partial charge in [0, 0.05) is 57.4 Å². The van der Waals surface area contributed by atoms with Gasteiger partial charge in [-0.2, -0.15) is 0 Å². The molecule has 3 saturated heterocycles. The Morgan fingerprint density at radius 3 is 2.44 bits per heavy atom. The zero-order valence-corrected chi connectivity index (χ0v) is 18.1. The standard InChI is InChI=1S/C22H30FN5O4/c23-17-13-15(24-18-2-4-20(30)25-22(18)32)1-3-19(17)27-11-9-26(10-12-27)16-5-7-28(8-6-16)21(31)14-29/h1,3,13,16,18,24,29H,2,4-12,14H2,(H,25,30,32). The van der Waals surface area contributed by atoms with E-state index in [-0.39, 0.29) is 30.0 Å². The van der Waals surface area contributed by atoms with Gasteiger partial charge in [-0.25, -0.2) is 4.39 Å². The molecular formula is C22H30FN5O4. The number of halogens is 1. The molecule has 10 heteroatoms. The van der Waals surface area contributed by atoms with E-state index >= 15 is 0 Å². The van der Waals surface area contributed by atoms with Crippen LogP contribution in [0.15, 0.2) is 18.2 Å². The predicted molar refractivity (Wildman–Crippen MR) is 117 cm³/mol. The highest BCUT2D eigenvalue weighted by Crippen LogP contribution is 2.26. The molecule has 1 atom stereocenters. The first-order chi connectivity index (χ1) is 15.4. The third-order valence-corrected chi connectivity index (χ3v) is 6.65. The molecule has 9 nitrogen and oxygen atoms in total. The Morgan fingerprint density at radius 2 is 1.81 bits per heavy atom. The van der Waals surface area contributed by atoms with Crippen LogP contribution in [-0.4, -0.2) is 90.6 Å². The fourth-order valence-corrected chi connectivity index (χ4v) is 4.79. The van der Waals surface area contributed by atoms with E-state index in [0.29, 0.717) is 50.0 Å². The summed E-state index contributed by atoms with van der Waals surface area (Å²) in [6, 6.07) is 4.77. The van der Waals surface area contributed by atoms with Crippen LogP contribution in [0.4, 0.5) is 15.8 Å². The number of rotatable bonds is 5. The quantitative estimate of drug-likeness (QED) is 0.552. The summed E-state index contributed by atoms with van der Waals surface area (Å²) in [6.45, 7) is 3.99. The number of hydrogen-bond donors (Lipinski definition) is 3. The minimum atomic E-state index is -0.541. The van der Waals surface area contributed by atoms with Crippen LogP contribution in [0.2, 0.25) is 0 Å². The molecule has 3 N–H and O–H groups in total. The molecule has 174 valence electrons. The average molecular weight is 448 g/mol. The smallest absolute Gasteiger partial charge is 0.249 e. The molecule has 1 unspecified atom stereocenters. The molecule has 1 aromatic rings. The van der Waals surface area contributed by atoms with Gasteiger partial charge in [0.2, 0.25) is 17.7 Å². The first-order valence-corrected chi connectivity index (χ1v) is 11.2. The molecule has 4 rings (SSSR count). The summed E-state index contributed by atoms with van der Waals surface area (Å²) in [5.41, 5.74) is 1.06. The molecule has 0 saturated carbocycles. The van der Waals surface area contributed by atoms with Crippen LogP contribution < -0.4 is 15.5 Å². The van der Waals surface area contributed by atoms with Crippen molar-refractivity contribution >= 4 is 29.1 Å². The maximum atomic E-state index is 14.8. The molecule has 0 radical (unpaired) electrons. The Hall–Kier alpha value is -2.72. The number of amides is 3. The predicted octanol–water partition coefficient (Wildman–Crippen LogP) is 0.148. The number of aliphatic hydroxyl groups is 1. The molecule has 0 aromatic heterocycles. The van der Waals surface area contributed by atoms with Gasteiger partial charge in [-0.1, -0.05) is 0 Å². The first kappa shape index (κ1) is 22.5. The van der Waals surface area contributed by atoms with Crippen LogP contribution in [0, 0.1) is 5.82 Å².